The number of nitrogens with zero attached hydrogens (tertiary/aromatic N) is 5. The molecule has 2 fully saturated rings. The number of carboxylic acids is 1. The lowest BCUT2D eigenvalue weighted by atomic mass is 10.2. The molecule has 0 spiro atoms. The number of carbonyl (C=O) groups is 2. The van der Waals surface area contributed by atoms with Gasteiger partial charge >= 0.3 is 12.0 Å². The van der Waals surface area contributed by atoms with E-state index < -0.39 is 5.97 Å². The SMILES string of the molecule is O=C(O)c1ccc2c(n1)N(C(=O)Nc1cc(N3CCOCC3)ccn1)[C@H]1CCN2C1. The van der Waals surface area contributed by atoms with Crippen molar-refractivity contribution >= 4 is 35.0 Å². The fraction of sp³-hybridized carbons (Fsp3) is 0.400. The van der Waals surface area contributed by atoms with Crippen LogP contribution in [0, 0.1) is 0 Å². The minimum absolute atomic E-state index is 0.0588. The highest BCUT2D eigenvalue weighted by Crippen LogP contribution is 2.39. The van der Waals surface area contributed by atoms with Crippen LogP contribution in [0.25, 0.3) is 0 Å². The van der Waals surface area contributed by atoms with Crippen LogP contribution in [0.1, 0.15) is 16.9 Å². The standard InChI is InChI=1S/C20H22N6O4/c27-19(28)15-1-2-16-18(22-15)26(14-4-6-25(16)12-14)20(29)23-17-11-13(3-5-21-17)24-7-9-30-10-8-24/h1-3,5,11,14H,4,6-10,12H2,(H,27,28)(H,21,23,29)/t14-/m0/s1. The molecule has 10 nitrogen and oxygen atoms in total. The van der Waals surface area contributed by atoms with Gasteiger partial charge in [-0.25, -0.2) is 19.6 Å². The van der Waals surface area contributed by atoms with E-state index in [0.717, 1.165) is 37.4 Å². The molecule has 5 heterocycles. The summed E-state index contributed by atoms with van der Waals surface area (Å²) >= 11 is 0. The zero-order valence-electron chi connectivity index (χ0n) is 16.3. The van der Waals surface area contributed by atoms with Crippen LogP contribution < -0.4 is 20.0 Å². The third-order valence-electron chi connectivity index (χ3n) is 5.74. The second kappa shape index (κ2) is 7.45. The number of carboxylic acid groups (broad SMARTS) is 1. The lowest BCUT2D eigenvalue weighted by Crippen LogP contribution is -2.48. The van der Waals surface area contributed by atoms with Gasteiger partial charge in [0.1, 0.15) is 5.82 Å². The van der Waals surface area contributed by atoms with E-state index in [0.29, 0.717) is 31.4 Å². The Labute approximate surface area is 173 Å². The first-order chi connectivity index (χ1) is 14.6. The quantitative estimate of drug-likeness (QED) is 0.786. The van der Waals surface area contributed by atoms with E-state index >= 15 is 0 Å². The number of fused-ring (bicyclic) bond motifs is 4. The molecule has 2 bridgehead atoms. The fourth-order valence-electron chi connectivity index (χ4n) is 4.27. The number of aromatic nitrogens is 2. The van der Waals surface area contributed by atoms with Crippen molar-refractivity contribution in [2.24, 2.45) is 0 Å². The Bertz CT molecular complexity index is 993. The highest BCUT2D eigenvalue weighted by Gasteiger charge is 2.40. The van der Waals surface area contributed by atoms with Gasteiger partial charge in [-0.05, 0) is 24.6 Å². The fourth-order valence-corrected chi connectivity index (χ4v) is 4.27. The molecule has 5 rings (SSSR count). The van der Waals surface area contributed by atoms with Crippen LogP contribution in [0.3, 0.4) is 0 Å². The molecule has 0 aliphatic carbocycles. The molecule has 10 heteroatoms. The predicted octanol–water partition coefficient (Wildman–Crippen LogP) is 1.64. The number of aromatic carboxylic acids is 1. The Morgan fingerprint density at radius 1 is 1.13 bits per heavy atom. The number of hydrogen-bond acceptors (Lipinski definition) is 7. The van der Waals surface area contributed by atoms with Gasteiger partial charge in [-0.3, -0.25) is 10.2 Å². The van der Waals surface area contributed by atoms with Crippen LogP contribution in [0.5, 0.6) is 0 Å². The maximum absolute atomic E-state index is 13.2. The van der Waals surface area contributed by atoms with Crippen molar-refractivity contribution in [3.8, 4) is 0 Å². The van der Waals surface area contributed by atoms with Crippen LogP contribution in [0.15, 0.2) is 30.5 Å². The molecule has 3 aliphatic rings. The summed E-state index contributed by atoms with van der Waals surface area (Å²) in [5.74, 6) is -0.295. The maximum Gasteiger partial charge on any atom is 0.354 e. The van der Waals surface area contributed by atoms with Crippen LogP contribution in [-0.4, -0.2) is 72.5 Å². The van der Waals surface area contributed by atoms with E-state index in [4.69, 9.17) is 4.74 Å². The monoisotopic (exact) mass is 410 g/mol. The number of hydrogen-bond donors (Lipinski definition) is 2. The minimum Gasteiger partial charge on any atom is -0.477 e. The summed E-state index contributed by atoms with van der Waals surface area (Å²) in [7, 11) is 0. The van der Waals surface area contributed by atoms with Gasteiger partial charge < -0.3 is 19.6 Å². The maximum atomic E-state index is 13.2. The van der Waals surface area contributed by atoms with E-state index in [9.17, 15) is 14.7 Å². The average Bonchev–Trinajstić information content (AvgIpc) is 3.18. The van der Waals surface area contributed by atoms with Crippen molar-refractivity contribution in [1.29, 1.82) is 0 Å². The Balaban J connectivity index is 1.42. The topological polar surface area (TPSA) is 111 Å². The molecule has 2 N–H and O–H groups in total. The molecule has 2 saturated heterocycles. The van der Waals surface area contributed by atoms with Crippen molar-refractivity contribution in [2.45, 2.75) is 12.5 Å². The lowest BCUT2D eigenvalue weighted by molar-refractivity contribution is 0.0690. The zero-order chi connectivity index (χ0) is 20.7. The molecular weight excluding hydrogens is 388 g/mol. The summed E-state index contributed by atoms with van der Waals surface area (Å²) in [6.07, 6.45) is 2.47. The molecule has 0 radical (unpaired) electrons. The van der Waals surface area contributed by atoms with Crippen molar-refractivity contribution in [1.82, 2.24) is 9.97 Å². The number of ether oxygens (including phenoxy) is 1. The van der Waals surface area contributed by atoms with Crippen molar-refractivity contribution in [3.05, 3.63) is 36.2 Å². The second-order valence-electron chi connectivity index (χ2n) is 7.53. The van der Waals surface area contributed by atoms with E-state index in [1.165, 1.54) is 6.07 Å². The molecule has 156 valence electrons. The molecule has 0 unspecified atom stereocenters. The summed E-state index contributed by atoms with van der Waals surface area (Å²) in [4.78, 5) is 39.1. The van der Waals surface area contributed by atoms with Crippen LogP contribution in [0.2, 0.25) is 0 Å². The first-order valence-electron chi connectivity index (χ1n) is 9.98. The van der Waals surface area contributed by atoms with Crippen LogP contribution in [0.4, 0.5) is 27.8 Å². The third-order valence-corrected chi connectivity index (χ3v) is 5.74. The van der Waals surface area contributed by atoms with Crippen molar-refractivity contribution in [2.75, 3.05) is 59.4 Å². The Kier molecular flexibility index (Phi) is 4.62. The lowest BCUT2D eigenvalue weighted by Gasteiger charge is -2.35. The van der Waals surface area contributed by atoms with Crippen LogP contribution >= 0.6 is 0 Å². The molecular formula is C20H22N6O4. The van der Waals surface area contributed by atoms with Gasteiger partial charge in [0, 0.05) is 44.1 Å². The van der Waals surface area contributed by atoms with E-state index in [-0.39, 0.29) is 17.8 Å². The van der Waals surface area contributed by atoms with Gasteiger partial charge in [-0.1, -0.05) is 0 Å². The minimum atomic E-state index is -1.12. The van der Waals surface area contributed by atoms with Crippen molar-refractivity contribution in [3.63, 3.8) is 0 Å². The molecule has 3 aliphatic heterocycles. The molecule has 2 aromatic heterocycles. The molecule has 0 aromatic carbocycles. The van der Waals surface area contributed by atoms with Crippen molar-refractivity contribution < 1.29 is 19.4 Å². The van der Waals surface area contributed by atoms with E-state index in [1.807, 2.05) is 12.1 Å². The van der Waals surface area contributed by atoms with Gasteiger partial charge in [-0.2, -0.15) is 0 Å². The summed E-state index contributed by atoms with van der Waals surface area (Å²) < 4.78 is 5.40. The van der Waals surface area contributed by atoms with Crippen LogP contribution in [-0.2, 0) is 4.74 Å². The van der Waals surface area contributed by atoms with Gasteiger partial charge in [0.05, 0.1) is 24.9 Å². The normalized spacial score (nSPS) is 20.1. The number of nitrogens with one attached hydrogen (secondary N) is 1. The predicted molar refractivity (Wildman–Crippen MR) is 111 cm³/mol. The number of rotatable bonds is 3. The zero-order valence-corrected chi connectivity index (χ0v) is 16.3. The molecule has 1 atom stereocenters. The number of urea groups is 1. The highest BCUT2D eigenvalue weighted by atomic mass is 16.5. The highest BCUT2D eigenvalue weighted by molar-refractivity contribution is 6.04. The molecule has 0 saturated carbocycles. The number of morpholine rings is 1. The van der Waals surface area contributed by atoms with Gasteiger partial charge in [0.15, 0.2) is 11.5 Å². The van der Waals surface area contributed by atoms with E-state index in [1.54, 1.807) is 17.2 Å². The Morgan fingerprint density at radius 2 is 1.97 bits per heavy atom. The van der Waals surface area contributed by atoms with Gasteiger partial charge in [-0.15, -0.1) is 0 Å². The first kappa shape index (κ1) is 18.6. The number of amides is 2. The largest absolute Gasteiger partial charge is 0.477 e. The number of pyridine rings is 2. The summed E-state index contributed by atoms with van der Waals surface area (Å²) in [6, 6.07) is 6.54. The second-order valence-corrected chi connectivity index (χ2v) is 7.53. The summed E-state index contributed by atoms with van der Waals surface area (Å²) in [5, 5.41) is 12.2. The van der Waals surface area contributed by atoms with Gasteiger partial charge in [0.25, 0.3) is 0 Å². The van der Waals surface area contributed by atoms with Gasteiger partial charge in [0.2, 0.25) is 0 Å². The van der Waals surface area contributed by atoms with E-state index in [2.05, 4.69) is 25.1 Å². The third kappa shape index (κ3) is 3.28. The average molecular weight is 410 g/mol. The molecule has 2 amide bonds. The molecule has 30 heavy (non-hydrogen) atoms. The Morgan fingerprint density at radius 3 is 2.77 bits per heavy atom. The Hall–Kier alpha value is -3.40. The number of carbonyl (C=O) groups excluding carboxylic acids is 1. The first-order valence-corrected chi connectivity index (χ1v) is 9.98. The molecule has 2 aromatic rings. The smallest absolute Gasteiger partial charge is 0.354 e. The number of anilines is 4. The summed E-state index contributed by atoms with van der Waals surface area (Å²) in [5.41, 5.74) is 1.67. The summed E-state index contributed by atoms with van der Waals surface area (Å²) in [6.45, 7) is 4.43.